The molecule has 0 aromatic carbocycles. The summed E-state index contributed by atoms with van der Waals surface area (Å²) in [6.45, 7) is 2.68. The lowest BCUT2D eigenvalue weighted by molar-refractivity contribution is -0.00710. The Kier molecular flexibility index (Phi) is 4.57. The van der Waals surface area contributed by atoms with E-state index in [4.69, 9.17) is 14.1 Å². The molecule has 1 unspecified atom stereocenters. The Labute approximate surface area is 187 Å². The summed E-state index contributed by atoms with van der Waals surface area (Å²) < 4.78 is 17.1. The number of hydrogen-bond donors (Lipinski definition) is 0. The first-order valence-electron chi connectivity index (χ1n) is 10.9. The Hall–Kier alpha value is -3.86. The van der Waals surface area contributed by atoms with E-state index in [1.807, 2.05) is 19.3 Å². The first-order valence-corrected chi connectivity index (χ1v) is 10.9. The van der Waals surface area contributed by atoms with E-state index in [9.17, 15) is 4.79 Å². The van der Waals surface area contributed by atoms with Gasteiger partial charge < -0.3 is 9.15 Å². The highest BCUT2D eigenvalue weighted by atomic mass is 16.5. The first kappa shape index (κ1) is 19.8. The average Bonchev–Trinajstić information content (AvgIpc) is 3.58. The summed E-state index contributed by atoms with van der Waals surface area (Å²) in [5, 5.41) is 8.42. The molecule has 168 valence electrons. The third-order valence-corrected chi connectivity index (χ3v) is 6.16. The van der Waals surface area contributed by atoms with Gasteiger partial charge in [0.1, 0.15) is 29.4 Å². The highest BCUT2D eigenvalue weighted by Gasteiger charge is 2.29. The fourth-order valence-corrected chi connectivity index (χ4v) is 4.54. The highest BCUT2D eigenvalue weighted by Crippen LogP contribution is 2.36. The maximum Gasteiger partial charge on any atom is 0.349 e. The number of rotatable bonds is 4. The van der Waals surface area contributed by atoms with Crippen molar-refractivity contribution in [1.82, 2.24) is 39.1 Å². The van der Waals surface area contributed by atoms with E-state index in [0.717, 1.165) is 19.3 Å². The molecule has 0 radical (unpaired) electrons. The minimum absolute atomic E-state index is 0.0632. The van der Waals surface area contributed by atoms with Crippen LogP contribution in [-0.4, -0.2) is 51.8 Å². The van der Waals surface area contributed by atoms with Gasteiger partial charge in [0.25, 0.3) is 0 Å². The fraction of sp³-hybridized carbons (Fsp3) is 0.364. The van der Waals surface area contributed by atoms with Gasteiger partial charge in [0.05, 0.1) is 12.3 Å². The van der Waals surface area contributed by atoms with Crippen LogP contribution < -0.4 is 5.69 Å². The van der Waals surface area contributed by atoms with E-state index in [0.29, 0.717) is 45.9 Å². The number of fused-ring (bicyclic) bond motifs is 3. The van der Waals surface area contributed by atoms with Crippen molar-refractivity contribution in [2.75, 3.05) is 6.61 Å². The molecule has 6 rings (SSSR count). The largest absolute Gasteiger partial charge is 0.450 e. The van der Waals surface area contributed by atoms with E-state index in [-0.39, 0.29) is 17.8 Å². The minimum atomic E-state index is -0.334. The number of furan rings is 1. The minimum Gasteiger partial charge on any atom is -0.450 e. The molecular weight excluding hydrogens is 424 g/mol. The fourth-order valence-electron chi connectivity index (χ4n) is 4.54. The van der Waals surface area contributed by atoms with E-state index in [1.165, 1.54) is 6.33 Å². The van der Waals surface area contributed by atoms with E-state index < -0.39 is 0 Å². The number of pyridine rings is 1. The molecule has 2 atom stereocenters. The third-order valence-electron chi connectivity index (χ3n) is 6.16. The van der Waals surface area contributed by atoms with E-state index in [2.05, 4.69) is 27.1 Å². The lowest BCUT2D eigenvalue weighted by Crippen LogP contribution is -2.34. The average molecular weight is 446 g/mol. The van der Waals surface area contributed by atoms with Crippen LogP contribution in [0.15, 0.2) is 46.4 Å². The van der Waals surface area contributed by atoms with Gasteiger partial charge in [-0.05, 0) is 31.4 Å². The molecule has 1 aliphatic rings. The molecule has 6 heterocycles. The molecular formula is C22H22N8O3. The molecule has 0 aliphatic carbocycles. The number of nitrogens with zero attached hydrogens (tertiary/aromatic N) is 8. The van der Waals surface area contributed by atoms with Gasteiger partial charge in [0.15, 0.2) is 17.0 Å². The lowest BCUT2D eigenvalue weighted by Gasteiger charge is -2.30. The second-order valence-electron chi connectivity index (χ2n) is 8.23. The molecule has 5 aromatic rings. The van der Waals surface area contributed by atoms with Crippen LogP contribution in [0.25, 0.3) is 39.3 Å². The van der Waals surface area contributed by atoms with Crippen molar-refractivity contribution in [3.8, 4) is 17.1 Å². The van der Waals surface area contributed by atoms with Crippen LogP contribution in [0.5, 0.6) is 0 Å². The van der Waals surface area contributed by atoms with Gasteiger partial charge in [-0.3, -0.25) is 9.25 Å². The van der Waals surface area contributed by atoms with Crippen molar-refractivity contribution >= 4 is 22.2 Å². The van der Waals surface area contributed by atoms with Gasteiger partial charge in [-0.25, -0.2) is 19.4 Å². The van der Waals surface area contributed by atoms with Crippen molar-refractivity contribution in [2.45, 2.75) is 38.3 Å². The molecule has 33 heavy (non-hydrogen) atoms. The number of aromatic nitrogens is 8. The molecule has 0 N–H and O–H groups in total. The molecule has 0 amide bonds. The van der Waals surface area contributed by atoms with Crippen molar-refractivity contribution in [1.29, 1.82) is 0 Å². The molecule has 1 saturated heterocycles. The Morgan fingerprint density at radius 2 is 2.12 bits per heavy atom. The summed E-state index contributed by atoms with van der Waals surface area (Å²) in [6, 6.07) is 3.58. The van der Waals surface area contributed by atoms with Crippen LogP contribution in [0.2, 0.25) is 0 Å². The zero-order valence-electron chi connectivity index (χ0n) is 18.2. The zero-order chi connectivity index (χ0) is 22.5. The summed E-state index contributed by atoms with van der Waals surface area (Å²) in [5.74, 6) is 0.583. The molecule has 0 bridgehead atoms. The molecule has 1 aliphatic heterocycles. The maximum atomic E-state index is 13.5. The van der Waals surface area contributed by atoms with Crippen molar-refractivity contribution < 1.29 is 9.15 Å². The molecule has 5 aromatic heterocycles. The van der Waals surface area contributed by atoms with Gasteiger partial charge >= 0.3 is 5.69 Å². The SMILES string of the molecule is CC[C@H]1CC(n2c(=O)nc(-c3cnn(C)c3)c3oc4ccc(-n5cncn5)nc4c32)CCO1. The summed E-state index contributed by atoms with van der Waals surface area (Å²) in [7, 11) is 1.82. The Balaban J connectivity index is 1.66. The second kappa shape index (κ2) is 7.62. The van der Waals surface area contributed by atoms with Gasteiger partial charge in [-0.15, -0.1) is 0 Å². The number of ether oxygens (including phenoxy) is 1. The van der Waals surface area contributed by atoms with Crippen LogP contribution in [0.4, 0.5) is 0 Å². The van der Waals surface area contributed by atoms with Gasteiger partial charge in [-0.2, -0.15) is 15.2 Å². The van der Waals surface area contributed by atoms with Crippen molar-refractivity contribution in [2.24, 2.45) is 7.05 Å². The van der Waals surface area contributed by atoms with Crippen molar-refractivity contribution in [3.63, 3.8) is 0 Å². The normalized spacial score (nSPS) is 19.0. The van der Waals surface area contributed by atoms with Gasteiger partial charge in [-0.1, -0.05) is 6.92 Å². The van der Waals surface area contributed by atoms with Crippen LogP contribution >= 0.6 is 0 Å². The predicted molar refractivity (Wildman–Crippen MR) is 119 cm³/mol. The molecule has 1 fully saturated rings. The maximum absolute atomic E-state index is 13.5. The quantitative estimate of drug-likeness (QED) is 0.413. The first-order chi connectivity index (χ1) is 16.1. The van der Waals surface area contributed by atoms with Gasteiger partial charge in [0.2, 0.25) is 0 Å². The summed E-state index contributed by atoms with van der Waals surface area (Å²) in [4.78, 5) is 26.7. The Morgan fingerprint density at radius 1 is 1.21 bits per heavy atom. The van der Waals surface area contributed by atoms with Crippen LogP contribution in [0.1, 0.15) is 32.2 Å². The smallest absolute Gasteiger partial charge is 0.349 e. The number of hydrogen-bond acceptors (Lipinski definition) is 8. The number of aryl methyl sites for hydroxylation is 1. The highest BCUT2D eigenvalue weighted by molar-refractivity contribution is 6.04. The van der Waals surface area contributed by atoms with Crippen LogP contribution in [-0.2, 0) is 11.8 Å². The van der Waals surface area contributed by atoms with Gasteiger partial charge in [0, 0.05) is 31.5 Å². The Morgan fingerprint density at radius 3 is 2.88 bits per heavy atom. The third kappa shape index (κ3) is 3.23. The molecule has 0 spiro atoms. The second-order valence-corrected chi connectivity index (χ2v) is 8.23. The predicted octanol–water partition coefficient (Wildman–Crippen LogP) is 2.65. The molecule has 11 heteroatoms. The standard InChI is InChI=1S/C22H22N8O3/c1-3-15-8-14(6-7-32-15)30-20-19-16(4-5-17(26-19)29-12-23-11-25-29)33-21(20)18(27-22(30)31)13-9-24-28(2)10-13/h4-5,9-12,14-15H,3,6-8H2,1-2H3/t14?,15-/m0/s1. The molecule has 0 saturated carbocycles. The summed E-state index contributed by atoms with van der Waals surface area (Å²) >= 11 is 0. The summed E-state index contributed by atoms with van der Waals surface area (Å²) in [5.41, 5.74) is 3.13. The Bertz CT molecular complexity index is 1510. The lowest BCUT2D eigenvalue weighted by atomic mass is 10.0. The van der Waals surface area contributed by atoms with E-state index in [1.54, 1.807) is 32.5 Å². The zero-order valence-corrected chi connectivity index (χ0v) is 18.2. The summed E-state index contributed by atoms with van der Waals surface area (Å²) in [6.07, 6.45) is 8.95. The van der Waals surface area contributed by atoms with Crippen LogP contribution in [0, 0.1) is 0 Å². The van der Waals surface area contributed by atoms with Crippen molar-refractivity contribution in [3.05, 3.63) is 47.7 Å². The van der Waals surface area contributed by atoms with Crippen LogP contribution in [0.3, 0.4) is 0 Å². The molecule has 11 nitrogen and oxygen atoms in total. The topological polar surface area (TPSA) is 119 Å². The van der Waals surface area contributed by atoms with E-state index >= 15 is 0 Å². The monoisotopic (exact) mass is 446 g/mol.